The number of hydrogen-bond donors (Lipinski definition) is 0. The third-order valence-electron chi connectivity index (χ3n) is 4.69. The molecule has 1 atom stereocenters. The Bertz CT molecular complexity index is 873. The maximum Gasteiger partial charge on any atom is 0.244 e. The van der Waals surface area contributed by atoms with Crippen LogP contribution >= 0.6 is 0 Å². The van der Waals surface area contributed by atoms with Crippen molar-refractivity contribution in [1.29, 1.82) is 0 Å². The van der Waals surface area contributed by atoms with Gasteiger partial charge in [-0.05, 0) is 44.0 Å². The fraction of sp³-hybridized carbons (Fsp3) is 0.286. The first-order valence-electron chi connectivity index (χ1n) is 9.00. The van der Waals surface area contributed by atoms with Crippen molar-refractivity contribution in [3.63, 3.8) is 0 Å². The van der Waals surface area contributed by atoms with Gasteiger partial charge in [0.2, 0.25) is 11.7 Å². The number of hydrogen-bond acceptors (Lipinski definition) is 5. The van der Waals surface area contributed by atoms with E-state index in [-0.39, 0.29) is 6.04 Å². The van der Waals surface area contributed by atoms with Gasteiger partial charge in [-0.1, -0.05) is 47.1 Å². The summed E-state index contributed by atoms with van der Waals surface area (Å²) in [4.78, 5) is 11.1. The van der Waals surface area contributed by atoms with Crippen LogP contribution in [0.4, 0.5) is 0 Å². The molecule has 0 bridgehead atoms. The highest BCUT2D eigenvalue weighted by atomic mass is 16.5. The standard InChI is InChI=1S/C21H22N4O/c1-16(14-17-6-3-2-4-7-17)15-25-13-5-8-19(25)21-23-20(24-26-21)18-9-11-22-12-10-18/h2-4,6-7,9-12,14,19H,5,8,13,15H2,1H3/b16-14+/t19-/m1/s1. The van der Waals surface area contributed by atoms with Crippen LogP contribution in [-0.4, -0.2) is 33.1 Å². The Balaban J connectivity index is 1.49. The Morgan fingerprint density at radius 2 is 2.00 bits per heavy atom. The van der Waals surface area contributed by atoms with Gasteiger partial charge in [0.1, 0.15) is 0 Å². The van der Waals surface area contributed by atoms with Gasteiger partial charge in [0, 0.05) is 24.5 Å². The predicted molar refractivity (Wildman–Crippen MR) is 101 cm³/mol. The van der Waals surface area contributed by atoms with E-state index in [1.54, 1.807) is 12.4 Å². The Hall–Kier alpha value is -2.79. The molecule has 0 saturated carbocycles. The molecule has 0 aliphatic carbocycles. The molecule has 132 valence electrons. The fourth-order valence-corrected chi connectivity index (χ4v) is 3.48. The van der Waals surface area contributed by atoms with E-state index >= 15 is 0 Å². The third-order valence-corrected chi connectivity index (χ3v) is 4.69. The van der Waals surface area contributed by atoms with E-state index in [9.17, 15) is 0 Å². The molecule has 1 fully saturated rings. The average Bonchev–Trinajstić information content (AvgIpc) is 3.32. The number of rotatable bonds is 5. The van der Waals surface area contributed by atoms with Crippen molar-refractivity contribution in [2.24, 2.45) is 0 Å². The van der Waals surface area contributed by atoms with Crippen molar-refractivity contribution in [2.75, 3.05) is 13.1 Å². The molecule has 3 aromatic rings. The number of benzene rings is 1. The Morgan fingerprint density at radius 1 is 1.19 bits per heavy atom. The van der Waals surface area contributed by atoms with E-state index in [0.717, 1.165) is 31.5 Å². The van der Waals surface area contributed by atoms with Gasteiger partial charge in [-0.25, -0.2) is 0 Å². The van der Waals surface area contributed by atoms with Gasteiger partial charge in [-0.15, -0.1) is 0 Å². The molecule has 0 spiro atoms. The van der Waals surface area contributed by atoms with Gasteiger partial charge < -0.3 is 4.52 Å². The molecule has 26 heavy (non-hydrogen) atoms. The van der Waals surface area contributed by atoms with Crippen LogP contribution in [0.15, 0.2) is 65.0 Å². The van der Waals surface area contributed by atoms with Gasteiger partial charge in [-0.2, -0.15) is 4.98 Å². The van der Waals surface area contributed by atoms with Crippen molar-refractivity contribution in [3.05, 3.63) is 71.9 Å². The topological polar surface area (TPSA) is 55.1 Å². The lowest BCUT2D eigenvalue weighted by Gasteiger charge is -2.21. The maximum absolute atomic E-state index is 5.59. The minimum absolute atomic E-state index is 0.192. The lowest BCUT2D eigenvalue weighted by molar-refractivity contribution is 0.222. The predicted octanol–water partition coefficient (Wildman–Crippen LogP) is 4.37. The number of nitrogens with zero attached hydrogens (tertiary/aromatic N) is 4. The number of likely N-dealkylation sites (tertiary alicyclic amines) is 1. The smallest absolute Gasteiger partial charge is 0.244 e. The lowest BCUT2D eigenvalue weighted by Crippen LogP contribution is -2.25. The van der Waals surface area contributed by atoms with E-state index in [0.29, 0.717) is 11.7 Å². The molecule has 5 heteroatoms. The second kappa shape index (κ2) is 7.62. The van der Waals surface area contributed by atoms with E-state index in [4.69, 9.17) is 4.52 Å². The van der Waals surface area contributed by atoms with Crippen molar-refractivity contribution < 1.29 is 4.52 Å². The Morgan fingerprint density at radius 3 is 2.81 bits per heavy atom. The molecule has 0 unspecified atom stereocenters. The molecule has 1 saturated heterocycles. The highest BCUT2D eigenvalue weighted by molar-refractivity contribution is 5.53. The van der Waals surface area contributed by atoms with Gasteiger partial charge in [0.15, 0.2) is 0 Å². The molecular weight excluding hydrogens is 324 g/mol. The summed E-state index contributed by atoms with van der Waals surface area (Å²) in [5, 5.41) is 4.16. The fourth-order valence-electron chi connectivity index (χ4n) is 3.48. The minimum Gasteiger partial charge on any atom is -0.337 e. The summed E-state index contributed by atoms with van der Waals surface area (Å²) in [6.07, 6.45) is 7.92. The van der Waals surface area contributed by atoms with Crippen LogP contribution in [0, 0.1) is 0 Å². The summed E-state index contributed by atoms with van der Waals surface area (Å²) in [5.41, 5.74) is 3.50. The molecular formula is C21H22N4O. The summed E-state index contributed by atoms with van der Waals surface area (Å²) in [5.74, 6) is 1.34. The molecule has 0 N–H and O–H groups in total. The van der Waals surface area contributed by atoms with Crippen molar-refractivity contribution in [3.8, 4) is 11.4 Å². The largest absolute Gasteiger partial charge is 0.337 e. The highest BCUT2D eigenvalue weighted by Crippen LogP contribution is 2.32. The van der Waals surface area contributed by atoms with E-state index in [2.05, 4.69) is 57.3 Å². The van der Waals surface area contributed by atoms with Crippen LogP contribution in [0.25, 0.3) is 17.5 Å². The summed E-state index contributed by atoms with van der Waals surface area (Å²) in [7, 11) is 0. The quantitative estimate of drug-likeness (QED) is 0.686. The molecule has 4 rings (SSSR count). The van der Waals surface area contributed by atoms with Gasteiger partial charge in [0.25, 0.3) is 0 Å². The third kappa shape index (κ3) is 3.73. The van der Waals surface area contributed by atoms with Crippen molar-refractivity contribution >= 4 is 6.08 Å². The van der Waals surface area contributed by atoms with Gasteiger partial charge >= 0.3 is 0 Å². The molecule has 3 heterocycles. The van der Waals surface area contributed by atoms with Crippen LogP contribution in [0.1, 0.15) is 37.3 Å². The number of aromatic nitrogens is 3. The minimum atomic E-state index is 0.192. The SMILES string of the molecule is C/C(=C\c1ccccc1)CN1CCC[C@@H]1c1nc(-c2ccncc2)no1. The first-order valence-corrected chi connectivity index (χ1v) is 9.00. The Kier molecular flexibility index (Phi) is 4.88. The second-order valence-electron chi connectivity index (χ2n) is 6.72. The summed E-state index contributed by atoms with van der Waals surface area (Å²) in [6, 6.07) is 14.4. The summed E-state index contributed by atoms with van der Waals surface area (Å²) >= 11 is 0. The Labute approximate surface area is 153 Å². The summed E-state index contributed by atoms with van der Waals surface area (Å²) < 4.78 is 5.59. The zero-order chi connectivity index (χ0) is 17.8. The monoisotopic (exact) mass is 346 g/mol. The van der Waals surface area contributed by atoms with E-state index < -0.39 is 0 Å². The molecule has 5 nitrogen and oxygen atoms in total. The normalized spacial score (nSPS) is 18.3. The van der Waals surface area contributed by atoms with Crippen LogP contribution < -0.4 is 0 Å². The molecule has 0 radical (unpaired) electrons. The maximum atomic E-state index is 5.59. The van der Waals surface area contributed by atoms with Crippen LogP contribution in [0.5, 0.6) is 0 Å². The van der Waals surface area contributed by atoms with Crippen molar-refractivity contribution in [2.45, 2.75) is 25.8 Å². The number of pyridine rings is 1. The first-order chi connectivity index (χ1) is 12.8. The first kappa shape index (κ1) is 16.7. The molecule has 0 amide bonds. The van der Waals surface area contributed by atoms with Crippen molar-refractivity contribution in [1.82, 2.24) is 20.0 Å². The van der Waals surface area contributed by atoms with Gasteiger partial charge in [-0.3, -0.25) is 9.88 Å². The average molecular weight is 346 g/mol. The molecule has 1 aromatic carbocycles. The second-order valence-corrected chi connectivity index (χ2v) is 6.72. The highest BCUT2D eigenvalue weighted by Gasteiger charge is 2.30. The zero-order valence-corrected chi connectivity index (χ0v) is 14.9. The molecule has 1 aliphatic rings. The molecule has 1 aliphatic heterocycles. The molecule has 2 aromatic heterocycles. The zero-order valence-electron chi connectivity index (χ0n) is 14.9. The van der Waals surface area contributed by atoms with Crippen LogP contribution in [-0.2, 0) is 0 Å². The van der Waals surface area contributed by atoms with Gasteiger partial charge in [0.05, 0.1) is 6.04 Å². The van der Waals surface area contributed by atoms with Crippen LogP contribution in [0.2, 0.25) is 0 Å². The van der Waals surface area contributed by atoms with Crippen LogP contribution in [0.3, 0.4) is 0 Å². The lowest BCUT2D eigenvalue weighted by atomic mass is 10.1. The van der Waals surface area contributed by atoms with E-state index in [1.165, 1.54) is 11.1 Å². The summed E-state index contributed by atoms with van der Waals surface area (Å²) in [6.45, 7) is 4.14. The van der Waals surface area contributed by atoms with E-state index in [1.807, 2.05) is 18.2 Å².